The number of likely N-dealkylation sites (tertiary alicyclic amines) is 1. The monoisotopic (exact) mass is 272 g/mol. The van der Waals surface area contributed by atoms with Gasteiger partial charge in [0.1, 0.15) is 0 Å². The molecule has 0 aromatic heterocycles. The molecule has 1 aliphatic heterocycles. The Morgan fingerprint density at radius 2 is 2.35 bits per heavy atom. The van der Waals surface area contributed by atoms with E-state index in [1.807, 2.05) is 30.2 Å². The lowest BCUT2D eigenvalue weighted by molar-refractivity contribution is -0.127. The largest absolute Gasteiger partial charge is 0.339 e. The average Bonchev–Trinajstić information content (AvgIpc) is 2.45. The van der Waals surface area contributed by atoms with Crippen LogP contribution in [0.3, 0.4) is 0 Å². The molecule has 0 spiro atoms. The number of nitrogens with one attached hydrogen (secondary N) is 1. The lowest BCUT2D eigenvalue weighted by atomic mass is 9.98. The van der Waals surface area contributed by atoms with Crippen LogP contribution in [0, 0.1) is 12.8 Å². The second-order valence-electron chi connectivity index (χ2n) is 5.60. The van der Waals surface area contributed by atoms with Gasteiger partial charge in [-0.25, -0.2) is 0 Å². The van der Waals surface area contributed by atoms with Crippen molar-refractivity contribution in [1.82, 2.24) is 10.2 Å². The number of aryl methyl sites for hydroxylation is 1. The second kappa shape index (κ2) is 7.25. The third-order valence-electron chi connectivity index (χ3n) is 3.78. The standard InChI is InChI=1S/C17H24N2O/c1-14-5-3-6-15(11-14)8-9-17(20)19-10-4-7-16(13-19)12-18-2/h3,5-6,8-9,11,16,18H,4,7,10,12-13H2,1-2H3/b9-8+. The van der Waals surface area contributed by atoms with Gasteiger partial charge in [0.15, 0.2) is 0 Å². The third kappa shape index (κ3) is 4.20. The van der Waals surface area contributed by atoms with Gasteiger partial charge in [-0.2, -0.15) is 0 Å². The Labute approximate surface area is 121 Å². The number of hydrogen-bond acceptors (Lipinski definition) is 2. The zero-order valence-electron chi connectivity index (χ0n) is 12.4. The number of benzene rings is 1. The second-order valence-corrected chi connectivity index (χ2v) is 5.60. The summed E-state index contributed by atoms with van der Waals surface area (Å²) in [7, 11) is 1.97. The molecule has 1 heterocycles. The predicted molar refractivity (Wildman–Crippen MR) is 83.4 cm³/mol. The summed E-state index contributed by atoms with van der Waals surface area (Å²) >= 11 is 0. The van der Waals surface area contributed by atoms with Gasteiger partial charge in [0.25, 0.3) is 0 Å². The van der Waals surface area contributed by atoms with E-state index in [4.69, 9.17) is 0 Å². The highest BCUT2D eigenvalue weighted by molar-refractivity contribution is 5.91. The van der Waals surface area contributed by atoms with Gasteiger partial charge in [-0.05, 0) is 50.9 Å². The van der Waals surface area contributed by atoms with E-state index in [1.165, 1.54) is 12.0 Å². The predicted octanol–water partition coefficient (Wildman–Crippen LogP) is 2.47. The van der Waals surface area contributed by atoms with Crippen molar-refractivity contribution in [2.45, 2.75) is 19.8 Å². The lowest BCUT2D eigenvalue weighted by Gasteiger charge is -2.32. The minimum Gasteiger partial charge on any atom is -0.339 e. The third-order valence-corrected chi connectivity index (χ3v) is 3.78. The maximum atomic E-state index is 12.2. The SMILES string of the molecule is CNCC1CCCN(C(=O)/C=C/c2cccc(C)c2)C1. The van der Waals surface area contributed by atoms with Gasteiger partial charge in [0.05, 0.1) is 0 Å². The van der Waals surface area contributed by atoms with Gasteiger partial charge in [-0.1, -0.05) is 29.8 Å². The molecule has 2 rings (SSSR count). The fraction of sp³-hybridized carbons (Fsp3) is 0.471. The molecular formula is C17H24N2O. The first-order valence-corrected chi connectivity index (χ1v) is 7.37. The first-order valence-electron chi connectivity index (χ1n) is 7.37. The van der Waals surface area contributed by atoms with E-state index in [2.05, 4.69) is 24.4 Å². The van der Waals surface area contributed by atoms with Crippen LogP contribution in [0.2, 0.25) is 0 Å². The smallest absolute Gasteiger partial charge is 0.246 e. The van der Waals surface area contributed by atoms with Crippen LogP contribution in [-0.2, 0) is 4.79 Å². The first-order chi connectivity index (χ1) is 9.69. The van der Waals surface area contributed by atoms with Crippen LogP contribution in [-0.4, -0.2) is 37.5 Å². The fourth-order valence-electron chi connectivity index (χ4n) is 2.77. The molecule has 1 aliphatic rings. The minimum atomic E-state index is 0.132. The van der Waals surface area contributed by atoms with E-state index in [0.29, 0.717) is 5.92 Å². The van der Waals surface area contributed by atoms with Crippen LogP contribution in [0.5, 0.6) is 0 Å². The molecule has 3 heteroatoms. The van der Waals surface area contributed by atoms with Crippen molar-refractivity contribution in [2.75, 3.05) is 26.7 Å². The molecule has 0 radical (unpaired) electrons. The van der Waals surface area contributed by atoms with E-state index in [1.54, 1.807) is 6.08 Å². The van der Waals surface area contributed by atoms with Crippen LogP contribution in [0.1, 0.15) is 24.0 Å². The maximum absolute atomic E-state index is 12.2. The highest BCUT2D eigenvalue weighted by Crippen LogP contribution is 2.16. The molecule has 0 aliphatic carbocycles. The number of piperidine rings is 1. The number of hydrogen-bond donors (Lipinski definition) is 1. The number of carbonyl (C=O) groups is 1. The average molecular weight is 272 g/mol. The lowest BCUT2D eigenvalue weighted by Crippen LogP contribution is -2.41. The molecule has 0 bridgehead atoms. The van der Waals surface area contributed by atoms with E-state index >= 15 is 0 Å². The summed E-state index contributed by atoms with van der Waals surface area (Å²) in [6.07, 6.45) is 5.94. The highest BCUT2D eigenvalue weighted by Gasteiger charge is 2.21. The number of carbonyl (C=O) groups excluding carboxylic acids is 1. The van der Waals surface area contributed by atoms with Gasteiger partial charge < -0.3 is 10.2 Å². The van der Waals surface area contributed by atoms with Gasteiger partial charge in [0, 0.05) is 19.2 Å². The van der Waals surface area contributed by atoms with Crippen molar-refractivity contribution < 1.29 is 4.79 Å². The Hall–Kier alpha value is -1.61. The summed E-state index contributed by atoms with van der Waals surface area (Å²) in [6.45, 7) is 4.81. The van der Waals surface area contributed by atoms with Crippen LogP contribution in [0.15, 0.2) is 30.3 Å². The first kappa shape index (κ1) is 14.8. The van der Waals surface area contributed by atoms with Crippen molar-refractivity contribution in [3.63, 3.8) is 0 Å². The van der Waals surface area contributed by atoms with Crippen LogP contribution in [0.4, 0.5) is 0 Å². The van der Waals surface area contributed by atoms with Crippen molar-refractivity contribution >= 4 is 12.0 Å². The van der Waals surface area contributed by atoms with Crippen molar-refractivity contribution in [3.8, 4) is 0 Å². The Balaban J connectivity index is 1.94. The zero-order chi connectivity index (χ0) is 14.4. The van der Waals surface area contributed by atoms with E-state index in [0.717, 1.165) is 31.6 Å². The Kier molecular flexibility index (Phi) is 5.36. The Bertz CT molecular complexity index is 480. The van der Waals surface area contributed by atoms with Crippen LogP contribution >= 0.6 is 0 Å². The van der Waals surface area contributed by atoms with Crippen molar-refractivity contribution in [3.05, 3.63) is 41.5 Å². The zero-order valence-corrected chi connectivity index (χ0v) is 12.4. The van der Waals surface area contributed by atoms with Crippen LogP contribution in [0.25, 0.3) is 6.08 Å². The molecule has 1 fully saturated rings. The van der Waals surface area contributed by atoms with E-state index in [-0.39, 0.29) is 5.91 Å². The molecule has 1 N–H and O–H groups in total. The number of rotatable bonds is 4. The molecule has 1 aromatic rings. The summed E-state index contributed by atoms with van der Waals surface area (Å²) in [4.78, 5) is 14.2. The minimum absolute atomic E-state index is 0.132. The Morgan fingerprint density at radius 1 is 1.50 bits per heavy atom. The van der Waals surface area contributed by atoms with Gasteiger partial charge >= 0.3 is 0 Å². The molecule has 20 heavy (non-hydrogen) atoms. The molecule has 1 atom stereocenters. The normalized spacial score (nSPS) is 19.5. The van der Waals surface area contributed by atoms with Gasteiger partial charge in [-0.3, -0.25) is 4.79 Å². The van der Waals surface area contributed by atoms with Crippen LogP contribution < -0.4 is 5.32 Å². The number of amides is 1. The summed E-state index contributed by atoms with van der Waals surface area (Å²) in [6, 6.07) is 8.19. The van der Waals surface area contributed by atoms with E-state index in [9.17, 15) is 4.79 Å². The molecule has 1 amide bonds. The summed E-state index contributed by atoms with van der Waals surface area (Å²) in [5.74, 6) is 0.720. The molecule has 3 nitrogen and oxygen atoms in total. The summed E-state index contributed by atoms with van der Waals surface area (Å²) in [5, 5.41) is 3.20. The molecule has 1 aromatic carbocycles. The van der Waals surface area contributed by atoms with E-state index < -0.39 is 0 Å². The fourth-order valence-corrected chi connectivity index (χ4v) is 2.77. The maximum Gasteiger partial charge on any atom is 0.246 e. The quantitative estimate of drug-likeness (QED) is 0.854. The molecule has 108 valence electrons. The van der Waals surface area contributed by atoms with Gasteiger partial charge in [-0.15, -0.1) is 0 Å². The molecule has 1 saturated heterocycles. The summed E-state index contributed by atoms with van der Waals surface area (Å²) in [5.41, 5.74) is 2.30. The summed E-state index contributed by atoms with van der Waals surface area (Å²) < 4.78 is 0. The van der Waals surface area contributed by atoms with Crippen molar-refractivity contribution in [2.24, 2.45) is 5.92 Å². The number of nitrogens with zero attached hydrogens (tertiary/aromatic N) is 1. The molecule has 1 unspecified atom stereocenters. The highest BCUT2D eigenvalue weighted by atomic mass is 16.2. The van der Waals surface area contributed by atoms with Gasteiger partial charge in [0.2, 0.25) is 5.91 Å². The topological polar surface area (TPSA) is 32.3 Å². The Morgan fingerprint density at radius 3 is 3.10 bits per heavy atom. The van der Waals surface area contributed by atoms with Crippen molar-refractivity contribution in [1.29, 1.82) is 0 Å². The molecular weight excluding hydrogens is 248 g/mol. The molecule has 0 saturated carbocycles.